The highest BCUT2D eigenvalue weighted by Crippen LogP contribution is 2.46. The van der Waals surface area contributed by atoms with E-state index in [0.717, 1.165) is 6.54 Å². The highest BCUT2D eigenvalue weighted by Gasteiger charge is 2.41. The second kappa shape index (κ2) is 4.42. The molecule has 1 aliphatic heterocycles. The zero-order valence-corrected chi connectivity index (χ0v) is 10.0. The van der Waals surface area contributed by atoms with Crippen LogP contribution in [0.5, 0.6) is 0 Å². The Balaban J connectivity index is 1.59. The van der Waals surface area contributed by atoms with Crippen molar-refractivity contribution < 1.29 is 4.74 Å². The van der Waals surface area contributed by atoms with Crippen LogP contribution < -0.4 is 5.32 Å². The monoisotopic (exact) mass is 215 g/mol. The van der Waals surface area contributed by atoms with Crippen LogP contribution in [0.2, 0.25) is 0 Å². The van der Waals surface area contributed by atoms with Crippen LogP contribution in [-0.4, -0.2) is 36.3 Å². The lowest BCUT2D eigenvalue weighted by Gasteiger charge is -2.16. The Morgan fingerprint density at radius 2 is 2.21 bits per heavy atom. The molecule has 2 rings (SSSR count). The van der Waals surface area contributed by atoms with Gasteiger partial charge in [0.2, 0.25) is 0 Å². The fourth-order valence-electron chi connectivity index (χ4n) is 2.09. The molecule has 82 valence electrons. The maximum Gasteiger partial charge on any atom is 0.0704 e. The molecule has 14 heavy (non-hydrogen) atoms. The van der Waals surface area contributed by atoms with Gasteiger partial charge in [-0.25, -0.2) is 0 Å². The summed E-state index contributed by atoms with van der Waals surface area (Å²) in [4.78, 5) is 0. The molecule has 0 amide bonds. The third-order valence-corrected chi connectivity index (χ3v) is 4.80. The van der Waals surface area contributed by atoms with Gasteiger partial charge in [-0.05, 0) is 38.9 Å². The van der Waals surface area contributed by atoms with Crippen molar-refractivity contribution in [3.8, 4) is 0 Å². The fraction of sp³-hybridized carbons (Fsp3) is 1.00. The molecule has 0 spiro atoms. The van der Waals surface area contributed by atoms with E-state index >= 15 is 0 Å². The summed E-state index contributed by atoms with van der Waals surface area (Å²) < 4.78 is 6.35. The minimum absolute atomic E-state index is 0.475. The summed E-state index contributed by atoms with van der Waals surface area (Å²) in [6.45, 7) is 4.39. The molecule has 2 nitrogen and oxygen atoms in total. The first kappa shape index (κ1) is 10.8. The maximum absolute atomic E-state index is 5.76. The lowest BCUT2D eigenvalue weighted by molar-refractivity contribution is 0.0561. The Morgan fingerprint density at radius 3 is 2.71 bits per heavy atom. The number of hydrogen-bond acceptors (Lipinski definition) is 3. The van der Waals surface area contributed by atoms with E-state index in [0.29, 0.717) is 17.0 Å². The molecule has 2 unspecified atom stereocenters. The summed E-state index contributed by atoms with van der Waals surface area (Å²) >= 11 is 2.02. The fourth-order valence-corrected chi connectivity index (χ4v) is 2.85. The van der Waals surface area contributed by atoms with Gasteiger partial charge in [-0.1, -0.05) is 0 Å². The average Bonchev–Trinajstić information content (AvgIpc) is 2.84. The number of nitrogens with one attached hydrogen (secondary N) is 1. The van der Waals surface area contributed by atoms with E-state index < -0.39 is 0 Å². The van der Waals surface area contributed by atoms with Crippen molar-refractivity contribution >= 4 is 11.8 Å². The van der Waals surface area contributed by atoms with Crippen molar-refractivity contribution in [2.24, 2.45) is 0 Å². The SMILES string of the molecule is CSC1(CNCC2CCC(C)O2)CC1. The van der Waals surface area contributed by atoms with Gasteiger partial charge in [-0.15, -0.1) is 0 Å². The van der Waals surface area contributed by atoms with Gasteiger partial charge in [0.05, 0.1) is 12.2 Å². The molecule has 0 radical (unpaired) electrons. The summed E-state index contributed by atoms with van der Waals surface area (Å²) in [6, 6.07) is 0. The van der Waals surface area contributed by atoms with Gasteiger partial charge in [0, 0.05) is 17.8 Å². The Bertz CT molecular complexity index is 194. The van der Waals surface area contributed by atoms with Crippen LogP contribution in [0.15, 0.2) is 0 Å². The molecule has 2 fully saturated rings. The second-order valence-corrected chi connectivity index (χ2v) is 5.94. The van der Waals surface area contributed by atoms with Crippen molar-refractivity contribution in [3.63, 3.8) is 0 Å². The number of thioether (sulfide) groups is 1. The van der Waals surface area contributed by atoms with Crippen LogP contribution in [0.25, 0.3) is 0 Å². The lowest BCUT2D eigenvalue weighted by Crippen LogP contribution is -2.32. The molecule has 3 heteroatoms. The van der Waals surface area contributed by atoms with Crippen molar-refractivity contribution in [3.05, 3.63) is 0 Å². The largest absolute Gasteiger partial charge is 0.374 e. The Kier molecular flexibility index (Phi) is 3.40. The van der Waals surface area contributed by atoms with Gasteiger partial charge in [-0.3, -0.25) is 0 Å². The minimum Gasteiger partial charge on any atom is -0.374 e. The molecule has 0 aromatic carbocycles. The summed E-state index contributed by atoms with van der Waals surface area (Å²) in [5.41, 5.74) is 0. The quantitative estimate of drug-likeness (QED) is 0.758. The van der Waals surface area contributed by atoms with E-state index in [1.165, 1.54) is 32.2 Å². The van der Waals surface area contributed by atoms with Crippen LogP contribution in [0.3, 0.4) is 0 Å². The van der Waals surface area contributed by atoms with Crippen LogP contribution in [0.1, 0.15) is 32.6 Å². The van der Waals surface area contributed by atoms with Gasteiger partial charge in [0.1, 0.15) is 0 Å². The first-order chi connectivity index (χ1) is 6.74. The van der Waals surface area contributed by atoms with E-state index in [2.05, 4.69) is 18.5 Å². The highest BCUT2D eigenvalue weighted by molar-refractivity contribution is 8.00. The van der Waals surface area contributed by atoms with Gasteiger partial charge in [0.25, 0.3) is 0 Å². The Hall–Kier alpha value is 0.270. The van der Waals surface area contributed by atoms with Crippen molar-refractivity contribution in [1.29, 1.82) is 0 Å². The molecule has 2 atom stereocenters. The van der Waals surface area contributed by atoms with Crippen LogP contribution in [0, 0.1) is 0 Å². The zero-order valence-electron chi connectivity index (χ0n) is 9.21. The molecule has 0 aromatic rings. The van der Waals surface area contributed by atoms with E-state index in [1.54, 1.807) is 0 Å². The topological polar surface area (TPSA) is 21.3 Å². The summed E-state index contributed by atoms with van der Waals surface area (Å²) in [6.07, 6.45) is 8.44. The highest BCUT2D eigenvalue weighted by atomic mass is 32.2. The van der Waals surface area contributed by atoms with E-state index in [-0.39, 0.29) is 0 Å². The van der Waals surface area contributed by atoms with Crippen molar-refractivity contribution in [2.75, 3.05) is 19.3 Å². The zero-order chi connectivity index (χ0) is 10.0. The van der Waals surface area contributed by atoms with Gasteiger partial charge < -0.3 is 10.1 Å². The van der Waals surface area contributed by atoms with Crippen LogP contribution in [0.4, 0.5) is 0 Å². The Morgan fingerprint density at radius 1 is 1.43 bits per heavy atom. The Labute approximate surface area is 91.2 Å². The van der Waals surface area contributed by atoms with Crippen LogP contribution in [-0.2, 0) is 4.74 Å². The summed E-state index contributed by atoms with van der Waals surface area (Å²) in [5.74, 6) is 0. The average molecular weight is 215 g/mol. The third-order valence-electron chi connectivity index (χ3n) is 3.38. The number of hydrogen-bond donors (Lipinski definition) is 1. The third kappa shape index (κ3) is 2.65. The predicted octanol–water partition coefficient (Wildman–Crippen LogP) is 2.04. The molecule has 1 saturated heterocycles. The van der Waals surface area contributed by atoms with Crippen molar-refractivity contribution in [2.45, 2.75) is 49.6 Å². The summed E-state index contributed by atoms with van der Waals surface area (Å²) in [7, 11) is 0. The van der Waals surface area contributed by atoms with Gasteiger partial charge in [-0.2, -0.15) is 11.8 Å². The molecular formula is C11H21NOS. The molecular weight excluding hydrogens is 194 g/mol. The molecule has 1 N–H and O–H groups in total. The molecule has 1 aliphatic carbocycles. The first-order valence-electron chi connectivity index (χ1n) is 5.65. The van der Waals surface area contributed by atoms with Gasteiger partial charge in [0.15, 0.2) is 0 Å². The molecule has 0 aromatic heterocycles. The normalized spacial score (nSPS) is 34.7. The predicted molar refractivity (Wildman–Crippen MR) is 61.9 cm³/mol. The van der Waals surface area contributed by atoms with E-state index in [4.69, 9.17) is 4.74 Å². The standard InChI is InChI=1S/C11H21NOS/c1-9-3-4-10(13-9)7-12-8-11(14-2)5-6-11/h9-10,12H,3-8H2,1-2H3. The smallest absolute Gasteiger partial charge is 0.0704 e. The minimum atomic E-state index is 0.475. The van der Waals surface area contributed by atoms with Gasteiger partial charge >= 0.3 is 0 Å². The van der Waals surface area contributed by atoms with Crippen LogP contribution >= 0.6 is 11.8 Å². The lowest BCUT2D eigenvalue weighted by atomic mass is 10.2. The molecule has 2 aliphatic rings. The maximum atomic E-state index is 5.76. The van der Waals surface area contributed by atoms with E-state index in [9.17, 15) is 0 Å². The number of ether oxygens (including phenoxy) is 1. The molecule has 0 bridgehead atoms. The summed E-state index contributed by atoms with van der Waals surface area (Å²) in [5, 5.41) is 3.56. The van der Waals surface area contributed by atoms with E-state index in [1.807, 2.05) is 11.8 Å². The van der Waals surface area contributed by atoms with Crippen molar-refractivity contribution in [1.82, 2.24) is 5.32 Å². The number of rotatable bonds is 5. The molecule has 1 saturated carbocycles. The second-order valence-electron chi connectivity index (χ2n) is 4.66. The first-order valence-corrected chi connectivity index (χ1v) is 6.88. The molecule has 1 heterocycles.